The summed E-state index contributed by atoms with van der Waals surface area (Å²) < 4.78 is 45.3. The van der Waals surface area contributed by atoms with Gasteiger partial charge in [-0.05, 0) is 60.9 Å². The van der Waals surface area contributed by atoms with Crippen molar-refractivity contribution in [1.29, 1.82) is 0 Å². The molecule has 0 radical (unpaired) electrons. The highest BCUT2D eigenvalue weighted by Gasteiger charge is 2.16. The van der Waals surface area contributed by atoms with Gasteiger partial charge in [-0.1, -0.05) is 23.7 Å². The Morgan fingerprint density at radius 2 is 1.84 bits per heavy atom. The van der Waals surface area contributed by atoms with Crippen molar-refractivity contribution in [1.82, 2.24) is 14.9 Å². The van der Waals surface area contributed by atoms with Crippen LogP contribution in [-0.2, 0) is 23.0 Å². The summed E-state index contributed by atoms with van der Waals surface area (Å²) in [4.78, 5) is 12.2. The molecule has 1 aromatic heterocycles. The van der Waals surface area contributed by atoms with Crippen LogP contribution in [0.4, 0.5) is 4.39 Å². The second-order valence-corrected chi connectivity index (χ2v) is 9.11. The standard InChI is InChI=1S/C22H21ClFN3O4S/c1-31-17-8-5-15(6-9-17)3-2-4-22(28)21-12-7-16(26-27-21)14-25-32(29,30)18-10-11-20(24)19(23)13-18/h5-13,25H,2-4,14H2,1H3. The van der Waals surface area contributed by atoms with Crippen LogP contribution in [0.25, 0.3) is 0 Å². The highest BCUT2D eigenvalue weighted by molar-refractivity contribution is 7.89. The lowest BCUT2D eigenvalue weighted by atomic mass is 10.1. The lowest BCUT2D eigenvalue weighted by Crippen LogP contribution is -2.24. The van der Waals surface area contributed by atoms with Gasteiger partial charge in [-0.15, -0.1) is 5.10 Å². The predicted octanol–water partition coefficient (Wildman–Crippen LogP) is 3.96. The van der Waals surface area contributed by atoms with E-state index >= 15 is 0 Å². The Kier molecular flexibility index (Phi) is 7.89. The van der Waals surface area contributed by atoms with Gasteiger partial charge in [0, 0.05) is 6.42 Å². The Balaban J connectivity index is 1.51. The molecule has 0 unspecified atom stereocenters. The van der Waals surface area contributed by atoms with Gasteiger partial charge in [0.2, 0.25) is 10.0 Å². The predicted molar refractivity (Wildman–Crippen MR) is 118 cm³/mol. The summed E-state index contributed by atoms with van der Waals surface area (Å²) in [5.74, 6) is -0.0659. The molecule has 0 aliphatic heterocycles. The van der Waals surface area contributed by atoms with E-state index < -0.39 is 15.8 Å². The summed E-state index contributed by atoms with van der Waals surface area (Å²) in [5.41, 5.74) is 1.66. The number of nitrogens with one attached hydrogen (secondary N) is 1. The fourth-order valence-corrected chi connectivity index (χ4v) is 4.14. The molecular weight excluding hydrogens is 457 g/mol. The number of sulfonamides is 1. The van der Waals surface area contributed by atoms with E-state index in [9.17, 15) is 17.6 Å². The van der Waals surface area contributed by atoms with E-state index in [2.05, 4.69) is 14.9 Å². The highest BCUT2D eigenvalue weighted by atomic mass is 35.5. The van der Waals surface area contributed by atoms with Gasteiger partial charge < -0.3 is 4.74 Å². The Morgan fingerprint density at radius 3 is 2.47 bits per heavy atom. The maximum atomic E-state index is 13.2. The van der Waals surface area contributed by atoms with Crippen molar-refractivity contribution in [3.63, 3.8) is 0 Å². The minimum atomic E-state index is -3.91. The Hall–Kier alpha value is -2.88. The minimum absolute atomic E-state index is 0.140. The van der Waals surface area contributed by atoms with Gasteiger partial charge in [-0.25, -0.2) is 17.5 Å². The van der Waals surface area contributed by atoms with Gasteiger partial charge in [0.1, 0.15) is 17.3 Å². The first-order valence-corrected chi connectivity index (χ1v) is 11.6. The number of Topliss-reactive ketones (excluding diaryl/α,β-unsaturated/α-hetero) is 1. The summed E-state index contributed by atoms with van der Waals surface area (Å²) >= 11 is 5.64. The number of nitrogens with zero attached hydrogens (tertiary/aromatic N) is 2. The van der Waals surface area contributed by atoms with Crippen LogP contribution in [0.15, 0.2) is 59.5 Å². The lowest BCUT2D eigenvalue weighted by molar-refractivity contribution is 0.0974. The zero-order valence-corrected chi connectivity index (χ0v) is 18.8. The van der Waals surface area contributed by atoms with Gasteiger partial charge >= 0.3 is 0 Å². The van der Waals surface area contributed by atoms with Crippen LogP contribution in [-0.4, -0.2) is 31.5 Å². The molecule has 0 saturated heterocycles. The van der Waals surface area contributed by atoms with Crippen LogP contribution in [0.5, 0.6) is 5.75 Å². The molecule has 0 atom stereocenters. The van der Waals surface area contributed by atoms with Crippen molar-refractivity contribution in [3.8, 4) is 5.75 Å². The van der Waals surface area contributed by atoms with Crippen LogP contribution in [0.2, 0.25) is 5.02 Å². The zero-order chi connectivity index (χ0) is 23.1. The summed E-state index contributed by atoms with van der Waals surface area (Å²) in [6.07, 6.45) is 1.73. The number of halogens is 2. The highest BCUT2D eigenvalue weighted by Crippen LogP contribution is 2.19. The minimum Gasteiger partial charge on any atom is -0.497 e. The smallest absolute Gasteiger partial charge is 0.240 e. The van der Waals surface area contributed by atoms with Gasteiger partial charge in [0.05, 0.1) is 29.3 Å². The number of ketones is 1. The van der Waals surface area contributed by atoms with E-state index in [-0.39, 0.29) is 27.9 Å². The largest absolute Gasteiger partial charge is 0.497 e. The molecule has 10 heteroatoms. The molecule has 1 heterocycles. The molecule has 0 aliphatic rings. The molecule has 0 aliphatic carbocycles. The van der Waals surface area contributed by atoms with Crippen molar-refractivity contribution >= 4 is 27.4 Å². The third-order valence-corrected chi connectivity index (χ3v) is 6.37. The molecule has 3 aromatic rings. The van der Waals surface area contributed by atoms with Crippen molar-refractivity contribution in [3.05, 3.63) is 82.4 Å². The SMILES string of the molecule is COc1ccc(CCCC(=O)c2ccc(CNS(=O)(=O)c3ccc(F)c(Cl)c3)nn2)cc1. The first-order chi connectivity index (χ1) is 15.3. The lowest BCUT2D eigenvalue weighted by Gasteiger charge is -2.07. The van der Waals surface area contributed by atoms with Crippen molar-refractivity contribution in [2.24, 2.45) is 0 Å². The second-order valence-electron chi connectivity index (χ2n) is 6.94. The fourth-order valence-electron chi connectivity index (χ4n) is 2.87. The number of carbonyl (C=O) groups excluding carboxylic acids is 1. The molecule has 1 N–H and O–H groups in total. The summed E-state index contributed by atoms with van der Waals surface area (Å²) in [6, 6.07) is 13.8. The number of hydrogen-bond donors (Lipinski definition) is 1. The van der Waals surface area contributed by atoms with Crippen LogP contribution in [0, 0.1) is 5.82 Å². The number of methoxy groups -OCH3 is 1. The summed E-state index contributed by atoms with van der Waals surface area (Å²) in [5, 5.41) is 7.53. The molecule has 0 fully saturated rings. The molecule has 0 bridgehead atoms. The van der Waals surface area contributed by atoms with Crippen LogP contribution >= 0.6 is 11.6 Å². The average Bonchev–Trinajstić information content (AvgIpc) is 2.80. The van der Waals surface area contributed by atoms with Crippen LogP contribution in [0.1, 0.15) is 34.6 Å². The molecule has 0 amide bonds. The van der Waals surface area contributed by atoms with Crippen molar-refractivity contribution in [2.75, 3.05) is 7.11 Å². The molecule has 0 spiro atoms. The monoisotopic (exact) mass is 477 g/mol. The molecule has 168 valence electrons. The van der Waals surface area contributed by atoms with Gasteiger partial charge in [0.25, 0.3) is 0 Å². The van der Waals surface area contributed by atoms with Crippen molar-refractivity contribution in [2.45, 2.75) is 30.7 Å². The van der Waals surface area contributed by atoms with Crippen LogP contribution < -0.4 is 9.46 Å². The van der Waals surface area contributed by atoms with Gasteiger partial charge in [0.15, 0.2) is 5.78 Å². The first-order valence-electron chi connectivity index (χ1n) is 9.72. The first kappa shape index (κ1) is 23.8. The number of rotatable bonds is 10. The van der Waals surface area contributed by atoms with E-state index in [1.165, 1.54) is 12.1 Å². The molecule has 3 rings (SSSR count). The van der Waals surface area contributed by atoms with Gasteiger partial charge in [-0.3, -0.25) is 4.79 Å². The van der Waals surface area contributed by atoms with E-state index in [0.717, 1.165) is 35.9 Å². The summed E-state index contributed by atoms with van der Waals surface area (Å²) in [7, 11) is -2.30. The number of aromatic nitrogens is 2. The Morgan fingerprint density at radius 1 is 1.09 bits per heavy atom. The maximum Gasteiger partial charge on any atom is 0.240 e. The number of aryl methyl sites for hydroxylation is 1. The second kappa shape index (κ2) is 10.6. The van der Waals surface area contributed by atoms with Crippen LogP contribution in [0.3, 0.4) is 0 Å². The normalized spacial score (nSPS) is 11.3. The quantitative estimate of drug-likeness (QED) is 0.444. The van der Waals surface area contributed by atoms with E-state index in [0.29, 0.717) is 18.5 Å². The molecule has 0 saturated carbocycles. The Labute approximate surface area is 190 Å². The van der Waals surface area contributed by atoms with Gasteiger partial charge in [-0.2, -0.15) is 5.10 Å². The number of carbonyl (C=O) groups is 1. The number of ether oxygens (including phenoxy) is 1. The summed E-state index contributed by atoms with van der Waals surface area (Å²) in [6.45, 7) is -0.143. The third-order valence-electron chi connectivity index (χ3n) is 4.68. The van der Waals surface area contributed by atoms with E-state index in [1.807, 2.05) is 24.3 Å². The van der Waals surface area contributed by atoms with Crippen molar-refractivity contribution < 1.29 is 22.3 Å². The third kappa shape index (κ3) is 6.32. The topological polar surface area (TPSA) is 98.2 Å². The molecular formula is C22H21ClFN3O4S. The molecule has 2 aromatic carbocycles. The number of benzene rings is 2. The average molecular weight is 478 g/mol. The zero-order valence-electron chi connectivity index (χ0n) is 17.2. The van der Waals surface area contributed by atoms with E-state index in [4.69, 9.17) is 16.3 Å². The molecule has 7 nitrogen and oxygen atoms in total. The molecule has 32 heavy (non-hydrogen) atoms. The maximum absolute atomic E-state index is 13.2. The van der Waals surface area contributed by atoms with E-state index in [1.54, 1.807) is 7.11 Å². The Bertz CT molecular complexity index is 1190. The number of hydrogen-bond acceptors (Lipinski definition) is 6. The fraction of sp³-hybridized carbons (Fsp3) is 0.227.